The fourth-order valence-corrected chi connectivity index (χ4v) is 5.05. The molecule has 0 radical (unpaired) electrons. The highest BCUT2D eigenvalue weighted by Gasteiger charge is 2.32. The minimum atomic E-state index is -4.42. The van der Waals surface area contributed by atoms with Crippen LogP contribution in [0.2, 0.25) is 0 Å². The van der Waals surface area contributed by atoms with E-state index in [1.807, 2.05) is 40.6 Å². The van der Waals surface area contributed by atoms with Crippen molar-refractivity contribution in [2.45, 2.75) is 23.4 Å². The number of hydrogen-bond donors (Lipinski definition) is 1. The highest BCUT2D eigenvalue weighted by Crippen LogP contribution is 2.37. The Morgan fingerprint density at radius 1 is 1.13 bits per heavy atom. The number of alkyl halides is 3. The van der Waals surface area contributed by atoms with Gasteiger partial charge in [0.05, 0.1) is 28.4 Å². The molecule has 1 saturated heterocycles. The van der Waals surface area contributed by atoms with Gasteiger partial charge in [-0.25, -0.2) is 4.98 Å². The topological polar surface area (TPSA) is 45.2 Å². The molecular weight excluding hydrogens is 443 g/mol. The lowest BCUT2D eigenvalue weighted by atomic mass is 10.1. The number of nitrogens with zero attached hydrogens (tertiary/aromatic N) is 2. The average molecular weight is 464 g/mol. The lowest BCUT2D eigenvalue weighted by molar-refractivity contribution is -0.137. The third kappa shape index (κ3) is 5.40. The van der Waals surface area contributed by atoms with Gasteiger partial charge in [0.15, 0.2) is 4.34 Å². The van der Waals surface area contributed by atoms with Gasteiger partial charge in [-0.05, 0) is 31.0 Å². The van der Waals surface area contributed by atoms with Crippen LogP contribution in [0.15, 0.2) is 58.3 Å². The summed E-state index contributed by atoms with van der Waals surface area (Å²) in [6.07, 6.45) is -2.57. The number of carbonyl (C=O) groups is 1. The zero-order valence-electron chi connectivity index (χ0n) is 16.5. The minimum absolute atomic E-state index is 0.127. The van der Waals surface area contributed by atoms with Gasteiger partial charge in [-0.3, -0.25) is 4.79 Å². The molecule has 162 valence electrons. The molecule has 0 spiro atoms. The van der Waals surface area contributed by atoms with Crippen LogP contribution in [0.1, 0.15) is 18.4 Å². The van der Waals surface area contributed by atoms with Gasteiger partial charge >= 0.3 is 6.18 Å². The fourth-order valence-electron chi connectivity index (χ4n) is 3.41. The number of nitrogens with one attached hydrogen (secondary N) is 1. The van der Waals surface area contributed by atoms with Gasteiger partial charge in [-0.15, -0.1) is 11.3 Å². The Labute approximate surface area is 186 Å². The van der Waals surface area contributed by atoms with Crippen molar-refractivity contribution in [3.8, 4) is 11.3 Å². The molecule has 9 heteroatoms. The summed E-state index contributed by atoms with van der Waals surface area (Å²) in [6, 6.07) is 13.2. The van der Waals surface area contributed by atoms with Crippen molar-refractivity contribution in [3.63, 3.8) is 0 Å². The molecule has 1 aliphatic heterocycles. The maximum absolute atomic E-state index is 13.2. The largest absolute Gasteiger partial charge is 0.416 e. The number of carbonyl (C=O) groups excluding carboxylic acids is 1. The van der Waals surface area contributed by atoms with Crippen molar-refractivity contribution >= 4 is 40.4 Å². The SMILES string of the molecule is O=C(CSc1nc(-c2ccccc2)cs1)Nc1ccc(C(F)(F)F)cc1N1CCCC1. The molecule has 1 aliphatic rings. The number of hydrogen-bond acceptors (Lipinski definition) is 5. The van der Waals surface area contributed by atoms with Crippen LogP contribution in [0.25, 0.3) is 11.3 Å². The third-order valence-electron chi connectivity index (χ3n) is 4.93. The van der Waals surface area contributed by atoms with Crippen molar-refractivity contribution in [2.24, 2.45) is 0 Å². The molecule has 4 rings (SSSR count). The van der Waals surface area contributed by atoms with Gasteiger partial charge in [0.2, 0.25) is 5.91 Å². The Morgan fingerprint density at radius 3 is 2.58 bits per heavy atom. The number of thiazole rings is 1. The van der Waals surface area contributed by atoms with E-state index in [2.05, 4.69) is 10.3 Å². The van der Waals surface area contributed by atoms with E-state index in [1.54, 1.807) is 0 Å². The number of thioether (sulfide) groups is 1. The normalized spacial score (nSPS) is 14.1. The van der Waals surface area contributed by atoms with Crippen LogP contribution < -0.4 is 10.2 Å². The second-order valence-electron chi connectivity index (χ2n) is 7.13. The van der Waals surface area contributed by atoms with Crippen LogP contribution in [-0.4, -0.2) is 29.7 Å². The van der Waals surface area contributed by atoms with E-state index in [0.717, 1.165) is 40.6 Å². The van der Waals surface area contributed by atoms with Gasteiger partial charge in [0.25, 0.3) is 0 Å². The highest BCUT2D eigenvalue weighted by atomic mass is 32.2. The molecule has 0 bridgehead atoms. The molecule has 0 aliphatic carbocycles. The second-order valence-corrected chi connectivity index (χ2v) is 9.21. The smallest absolute Gasteiger partial charge is 0.370 e. The monoisotopic (exact) mass is 463 g/mol. The van der Waals surface area contributed by atoms with E-state index >= 15 is 0 Å². The molecule has 2 heterocycles. The van der Waals surface area contributed by atoms with Gasteiger partial charge in [-0.1, -0.05) is 42.1 Å². The number of aromatic nitrogens is 1. The predicted octanol–water partition coefficient (Wildman–Crippen LogP) is 6.16. The van der Waals surface area contributed by atoms with E-state index in [-0.39, 0.29) is 11.7 Å². The van der Waals surface area contributed by atoms with Crippen LogP contribution in [0.5, 0.6) is 0 Å². The van der Waals surface area contributed by atoms with Crippen LogP contribution in [0, 0.1) is 0 Å². The molecule has 3 aromatic rings. The summed E-state index contributed by atoms with van der Waals surface area (Å²) in [5.74, 6) is -0.149. The first-order chi connectivity index (χ1) is 14.9. The summed E-state index contributed by atoms with van der Waals surface area (Å²) >= 11 is 2.77. The summed E-state index contributed by atoms with van der Waals surface area (Å²) in [4.78, 5) is 19.0. The zero-order chi connectivity index (χ0) is 21.8. The molecule has 1 fully saturated rings. The molecule has 1 N–H and O–H groups in total. The van der Waals surface area contributed by atoms with Gasteiger partial charge in [-0.2, -0.15) is 13.2 Å². The standard InChI is InChI=1S/C22H20F3N3OS2/c23-22(24,25)16-8-9-17(19(12-16)28-10-4-5-11-28)26-20(29)14-31-21-27-18(13-30-21)15-6-2-1-3-7-15/h1-3,6-9,12-13H,4-5,10-11,14H2,(H,26,29). The zero-order valence-corrected chi connectivity index (χ0v) is 18.1. The van der Waals surface area contributed by atoms with Crippen molar-refractivity contribution in [1.29, 1.82) is 0 Å². The second kappa shape index (κ2) is 9.32. The van der Waals surface area contributed by atoms with Crippen LogP contribution in [0.3, 0.4) is 0 Å². The van der Waals surface area contributed by atoms with Crippen molar-refractivity contribution in [2.75, 3.05) is 29.1 Å². The number of anilines is 2. The quantitative estimate of drug-likeness (QED) is 0.445. The third-order valence-corrected chi connectivity index (χ3v) is 6.95. The minimum Gasteiger partial charge on any atom is -0.370 e. The Balaban J connectivity index is 1.43. The first kappa shape index (κ1) is 21.7. The highest BCUT2D eigenvalue weighted by molar-refractivity contribution is 8.01. The van der Waals surface area contributed by atoms with Gasteiger partial charge in [0, 0.05) is 24.0 Å². The van der Waals surface area contributed by atoms with E-state index in [1.165, 1.54) is 29.2 Å². The lowest BCUT2D eigenvalue weighted by Gasteiger charge is -2.23. The van der Waals surface area contributed by atoms with Crippen LogP contribution >= 0.6 is 23.1 Å². The van der Waals surface area contributed by atoms with E-state index in [0.29, 0.717) is 24.5 Å². The summed E-state index contributed by atoms with van der Waals surface area (Å²) in [6.45, 7) is 1.36. The summed E-state index contributed by atoms with van der Waals surface area (Å²) in [7, 11) is 0. The summed E-state index contributed by atoms with van der Waals surface area (Å²) in [5, 5.41) is 4.72. The molecule has 0 saturated carbocycles. The first-order valence-electron chi connectivity index (χ1n) is 9.80. The molecule has 0 unspecified atom stereocenters. The van der Waals surface area contributed by atoms with Crippen molar-refractivity contribution in [3.05, 3.63) is 59.5 Å². The Kier molecular flexibility index (Phi) is 6.52. The Morgan fingerprint density at radius 2 is 1.87 bits per heavy atom. The summed E-state index contributed by atoms with van der Waals surface area (Å²) < 4.78 is 40.3. The van der Waals surface area contributed by atoms with E-state index in [9.17, 15) is 18.0 Å². The first-order valence-corrected chi connectivity index (χ1v) is 11.7. The average Bonchev–Trinajstić information content (AvgIpc) is 3.45. The predicted molar refractivity (Wildman–Crippen MR) is 120 cm³/mol. The lowest BCUT2D eigenvalue weighted by Crippen LogP contribution is -2.22. The number of rotatable bonds is 6. The maximum atomic E-state index is 13.2. The molecule has 2 aromatic carbocycles. The number of benzene rings is 2. The maximum Gasteiger partial charge on any atom is 0.416 e. The Bertz CT molecular complexity index is 1050. The van der Waals surface area contributed by atoms with Crippen LogP contribution in [0.4, 0.5) is 24.5 Å². The Hall–Kier alpha value is -2.52. The number of halogens is 3. The molecular formula is C22H20F3N3OS2. The van der Waals surface area contributed by atoms with E-state index in [4.69, 9.17) is 0 Å². The number of amides is 1. The van der Waals surface area contributed by atoms with Crippen molar-refractivity contribution < 1.29 is 18.0 Å². The van der Waals surface area contributed by atoms with Gasteiger partial charge in [0.1, 0.15) is 0 Å². The molecule has 4 nitrogen and oxygen atoms in total. The summed E-state index contributed by atoms with van der Waals surface area (Å²) in [5.41, 5.74) is 1.98. The van der Waals surface area contributed by atoms with Gasteiger partial charge < -0.3 is 10.2 Å². The van der Waals surface area contributed by atoms with Crippen LogP contribution in [-0.2, 0) is 11.0 Å². The molecule has 0 atom stereocenters. The van der Waals surface area contributed by atoms with E-state index < -0.39 is 11.7 Å². The molecule has 31 heavy (non-hydrogen) atoms. The van der Waals surface area contributed by atoms with Crippen molar-refractivity contribution in [1.82, 2.24) is 4.98 Å². The molecule has 1 aromatic heterocycles. The fraction of sp³-hybridized carbons (Fsp3) is 0.273. The molecule has 1 amide bonds.